The highest BCUT2D eigenvalue weighted by molar-refractivity contribution is 6.10. The first-order valence-corrected chi connectivity index (χ1v) is 13.6. The number of esters is 2. The van der Waals surface area contributed by atoms with Crippen LogP contribution in [0.4, 0.5) is 0 Å². The smallest absolute Gasteiger partial charge is 0.357 e. The van der Waals surface area contributed by atoms with Crippen molar-refractivity contribution in [1.82, 2.24) is 19.9 Å². The number of rotatable bonds is 2. The van der Waals surface area contributed by atoms with Gasteiger partial charge in [0.2, 0.25) is 0 Å². The Bertz CT molecular complexity index is 1960. The Morgan fingerprint density at radius 1 is 0.595 bits per heavy atom. The number of ether oxygens (including phenoxy) is 2. The fraction of sp³-hybridized carbons (Fsp3) is 0.235. The van der Waals surface area contributed by atoms with Crippen LogP contribution in [-0.2, 0) is 9.47 Å². The van der Waals surface area contributed by atoms with Crippen molar-refractivity contribution in [3.8, 4) is 11.8 Å². The number of nitrogens with one attached hydrogen (secondary N) is 2. The first kappa shape index (κ1) is 27.0. The van der Waals surface area contributed by atoms with Crippen LogP contribution in [0.25, 0.3) is 43.6 Å². The zero-order valence-electron chi connectivity index (χ0n) is 24.3. The lowest BCUT2D eigenvalue weighted by Crippen LogP contribution is -2.24. The third-order valence-electron chi connectivity index (χ3n) is 6.53. The molecule has 6 rings (SSSR count). The van der Waals surface area contributed by atoms with E-state index in [2.05, 4.69) is 31.8 Å². The lowest BCUT2D eigenvalue weighted by molar-refractivity contribution is 0.00507. The van der Waals surface area contributed by atoms with Crippen molar-refractivity contribution in [2.75, 3.05) is 0 Å². The summed E-state index contributed by atoms with van der Waals surface area (Å²) in [7, 11) is 0. The summed E-state index contributed by atoms with van der Waals surface area (Å²) in [5, 5.41) is 3.63. The molecule has 0 spiro atoms. The van der Waals surface area contributed by atoms with Crippen LogP contribution < -0.4 is 0 Å². The summed E-state index contributed by atoms with van der Waals surface area (Å²) in [6.45, 7) is 11.0. The number of benzene rings is 2. The molecule has 0 saturated heterocycles. The number of pyridine rings is 2. The number of carbonyl (C=O) groups is 2. The first-order valence-electron chi connectivity index (χ1n) is 13.6. The van der Waals surface area contributed by atoms with E-state index in [-0.39, 0.29) is 11.4 Å². The van der Waals surface area contributed by atoms with Crippen LogP contribution >= 0.6 is 0 Å². The fourth-order valence-corrected chi connectivity index (χ4v) is 4.78. The standard InChI is InChI=1S/C34H30N4O4/c1-33(2,3)41-31(39)27-15-23-21-13-19(9-11-25(21)37-29(23)17-35-27)7-8-20-10-12-26-22(14-20)24-16-28(36-18-30(24)38-26)32(40)42-34(4,5)6/h9-18,37-38H,1-6H3. The molecule has 2 aromatic carbocycles. The second-order valence-corrected chi connectivity index (χ2v) is 12.3. The first-order chi connectivity index (χ1) is 19.8. The molecular weight excluding hydrogens is 528 g/mol. The third kappa shape index (κ3) is 5.41. The van der Waals surface area contributed by atoms with Gasteiger partial charge in [-0.15, -0.1) is 0 Å². The van der Waals surface area contributed by atoms with Gasteiger partial charge in [-0.1, -0.05) is 11.8 Å². The number of hydrogen-bond acceptors (Lipinski definition) is 6. The van der Waals surface area contributed by atoms with E-state index in [1.165, 1.54) is 0 Å². The van der Waals surface area contributed by atoms with Crippen LogP contribution in [0.1, 0.15) is 73.6 Å². The number of carbonyl (C=O) groups excluding carboxylic acids is 2. The average Bonchev–Trinajstić information content (AvgIpc) is 3.46. The van der Waals surface area contributed by atoms with Crippen LogP contribution in [-0.4, -0.2) is 43.1 Å². The van der Waals surface area contributed by atoms with Crippen molar-refractivity contribution in [1.29, 1.82) is 0 Å². The van der Waals surface area contributed by atoms with Gasteiger partial charge < -0.3 is 19.4 Å². The molecule has 0 aliphatic rings. The fourth-order valence-electron chi connectivity index (χ4n) is 4.78. The van der Waals surface area contributed by atoms with Gasteiger partial charge in [0.1, 0.15) is 22.6 Å². The van der Waals surface area contributed by atoms with E-state index in [9.17, 15) is 9.59 Å². The van der Waals surface area contributed by atoms with Gasteiger partial charge in [0, 0.05) is 43.7 Å². The summed E-state index contributed by atoms with van der Waals surface area (Å²) in [4.78, 5) is 40.5. The molecule has 8 heteroatoms. The van der Waals surface area contributed by atoms with Crippen LogP contribution in [0.3, 0.4) is 0 Å². The van der Waals surface area contributed by atoms with Crippen molar-refractivity contribution in [2.24, 2.45) is 0 Å². The van der Waals surface area contributed by atoms with Gasteiger partial charge in [-0.05, 0) is 90.1 Å². The molecule has 0 aliphatic carbocycles. The van der Waals surface area contributed by atoms with Crippen LogP contribution in [0.2, 0.25) is 0 Å². The van der Waals surface area contributed by atoms with Crippen molar-refractivity contribution in [3.05, 3.63) is 83.4 Å². The maximum Gasteiger partial charge on any atom is 0.357 e. The zero-order valence-corrected chi connectivity index (χ0v) is 24.3. The van der Waals surface area contributed by atoms with E-state index in [1.54, 1.807) is 24.5 Å². The molecule has 2 N–H and O–H groups in total. The highest BCUT2D eigenvalue weighted by Gasteiger charge is 2.21. The van der Waals surface area contributed by atoms with Crippen molar-refractivity contribution >= 4 is 55.6 Å². The second-order valence-electron chi connectivity index (χ2n) is 12.3. The number of H-pyrrole nitrogens is 2. The zero-order chi connectivity index (χ0) is 29.8. The molecule has 0 radical (unpaired) electrons. The number of aromatic nitrogens is 4. The summed E-state index contributed by atoms with van der Waals surface area (Å²) < 4.78 is 11.0. The minimum absolute atomic E-state index is 0.256. The lowest BCUT2D eigenvalue weighted by Gasteiger charge is -2.19. The number of fused-ring (bicyclic) bond motifs is 6. The molecule has 8 nitrogen and oxygen atoms in total. The molecule has 0 saturated carbocycles. The van der Waals surface area contributed by atoms with Gasteiger partial charge in [0.15, 0.2) is 0 Å². The van der Waals surface area contributed by atoms with Crippen LogP contribution in [0.15, 0.2) is 60.9 Å². The Morgan fingerprint density at radius 3 is 1.36 bits per heavy atom. The summed E-state index contributed by atoms with van der Waals surface area (Å²) in [6.07, 6.45) is 3.31. The van der Waals surface area contributed by atoms with E-state index >= 15 is 0 Å². The molecule has 0 aliphatic heterocycles. The maximum atomic E-state index is 12.6. The van der Waals surface area contributed by atoms with Crippen LogP contribution in [0.5, 0.6) is 0 Å². The Kier molecular flexibility index (Phi) is 6.27. The Labute approximate surface area is 242 Å². The van der Waals surface area contributed by atoms with E-state index < -0.39 is 23.1 Å². The molecular formula is C34H30N4O4. The van der Waals surface area contributed by atoms with Gasteiger partial charge in [-0.2, -0.15) is 0 Å². The quantitative estimate of drug-likeness (QED) is 0.174. The van der Waals surface area contributed by atoms with Gasteiger partial charge in [-0.25, -0.2) is 19.6 Å². The van der Waals surface area contributed by atoms with E-state index in [0.717, 1.165) is 54.7 Å². The Hall–Kier alpha value is -5.16. The lowest BCUT2D eigenvalue weighted by atomic mass is 10.1. The molecule has 4 heterocycles. The molecule has 0 fully saturated rings. The van der Waals surface area contributed by atoms with Gasteiger partial charge in [-0.3, -0.25) is 0 Å². The highest BCUT2D eigenvalue weighted by Crippen LogP contribution is 2.28. The maximum absolute atomic E-state index is 12.6. The largest absolute Gasteiger partial charge is 0.455 e. The molecule has 42 heavy (non-hydrogen) atoms. The Balaban J connectivity index is 1.34. The highest BCUT2D eigenvalue weighted by atomic mass is 16.6. The predicted molar refractivity (Wildman–Crippen MR) is 164 cm³/mol. The number of hydrogen-bond donors (Lipinski definition) is 2. The van der Waals surface area contributed by atoms with Crippen LogP contribution in [0, 0.1) is 11.8 Å². The van der Waals surface area contributed by atoms with E-state index in [4.69, 9.17) is 9.47 Å². The average molecular weight is 559 g/mol. The van der Waals surface area contributed by atoms with E-state index in [1.807, 2.05) is 77.9 Å². The monoisotopic (exact) mass is 558 g/mol. The molecule has 4 aromatic heterocycles. The second kappa shape index (κ2) is 9.74. The third-order valence-corrected chi connectivity index (χ3v) is 6.53. The topological polar surface area (TPSA) is 110 Å². The molecule has 6 aromatic rings. The minimum Gasteiger partial charge on any atom is -0.455 e. The summed E-state index contributed by atoms with van der Waals surface area (Å²) in [5.74, 6) is 5.61. The molecule has 0 atom stereocenters. The molecule has 0 unspecified atom stereocenters. The molecule has 0 bridgehead atoms. The summed E-state index contributed by atoms with van der Waals surface area (Å²) in [5.41, 5.74) is 4.46. The molecule has 210 valence electrons. The predicted octanol–water partition coefficient (Wildman–Crippen LogP) is 7.06. The Morgan fingerprint density at radius 2 is 0.976 bits per heavy atom. The minimum atomic E-state index is -0.607. The van der Waals surface area contributed by atoms with Crippen molar-refractivity contribution in [3.63, 3.8) is 0 Å². The SMILES string of the molecule is CC(C)(C)OC(=O)c1cc2c(cn1)[nH]c1ccc(C#Cc3ccc4[nH]c5cnc(C(=O)OC(C)(C)C)cc5c4c3)cc12. The van der Waals surface area contributed by atoms with Crippen molar-refractivity contribution in [2.45, 2.75) is 52.7 Å². The molecule has 0 amide bonds. The normalized spacial score (nSPS) is 12.0. The van der Waals surface area contributed by atoms with Gasteiger partial charge >= 0.3 is 11.9 Å². The van der Waals surface area contributed by atoms with E-state index in [0.29, 0.717) is 0 Å². The van der Waals surface area contributed by atoms with Crippen molar-refractivity contribution < 1.29 is 19.1 Å². The van der Waals surface area contributed by atoms with Gasteiger partial charge in [0.05, 0.1) is 23.4 Å². The number of nitrogens with zero attached hydrogens (tertiary/aromatic N) is 2. The summed E-state index contributed by atoms with van der Waals surface area (Å²) >= 11 is 0. The summed E-state index contributed by atoms with van der Waals surface area (Å²) in [6, 6.07) is 15.4. The number of aromatic amines is 2. The van der Waals surface area contributed by atoms with Gasteiger partial charge in [0.25, 0.3) is 0 Å².